The summed E-state index contributed by atoms with van der Waals surface area (Å²) < 4.78 is 11.0. The van der Waals surface area contributed by atoms with Gasteiger partial charge in [-0.05, 0) is 48.5 Å². The molecule has 4 rings (SSSR count). The van der Waals surface area contributed by atoms with Crippen LogP contribution in [0.3, 0.4) is 0 Å². The Balaban J connectivity index is 1.56. The van der Waals surface area contributed by atoms with Gasteiger partial charge in [0.1, 0.15) is 11.5 Å². The summed E-state index contributed by atoms with van der Waals surface area (Å²) in [4.78, 5) is 41.1. The molecule has 0 saturated carbocycles. The minimum Gasteiger partial charge on any atom is -0.423 e. The van der Waals surface area contributed by atoms with E-state index in [1.165, 1.54) is 30.7 Å². The van der Waals surface area contributed by atoms with Crippen LogP contribution in [0.4, 0.5) is 0 Å². The fraction of sp³-hybridized carbons (Fsp3) is 0. The highest BCUT2D eigenvalue weighted by atomic mass is 16.5. The minimum atomic E-state index is -0.604. The molecule has 172 valence electrons. The zero-order chi connectivity index (χ0) is 24.5. The third kappa shape index (κ3) is 6.23. The molecule has 4 aromatic rings. The van der Waals surface area contributed by atoms with Crippen LogP contribution in [0, 0.1) is 0 Å². The number of ether oxygens (including phenoxy) is 2. The standard InChI is InChI=1S/C27H19N3O5/c31-25(19-13-15-28-16-14-19)30-29-18-22-11-12-23(34-26(32)20-7-3-1-4-8-20)17-24(22)35-27(33)21-9-5-2-6-10-21/h1-18H,(H,30,31)/b29-18+. The molecule has 0 unspecified atom stereocenters. The number of esters is 2. The average Bonchev–Trinajstić information content (AvgIpc) is 2.91. The van der Waals surface area contributed by atoms with E-state index in [0.717, 1.165) is 0 Å². The number of nitrogens with one attached hydrogen (secondary N) is 1. The molecule has 1 N–H and O–H groups in total. The molecule has 0 fully saturated rings. The van der Waals surface area contributed by atoms with Crippen LogP contribution < -0.4 is 14.9 Å². The quantitative estimate of drug-likeness (QED) is 0.189. The lowest BCUT2D eigenvalue weighted by molar-refractivity contribution is 0.0732. The third-order valence-electron chi connectivity index (χ3n) is 4.73. The first-order valence-corrected chi connectivity index (χ1v) is 10.5. The second-order valence-electron chi connectivity index (χ2n) is 7.15. The topological polar surface area (TPSA) is 107 Å². The number of hydrazone groups is 1. The fourth-order valence-electron chi connectivity index (χ4n) is 2.97. The molecule has 3 aromatic carbocycles. The van der Waals surface area contributed by atoms with Crippen LogP contribution >= 0.6 is 0 Å². The first-order valence-electron chi connectivity index (χ1n) is 10.5. The highest BCUT2D eigenvalue weighted by Gasteiger charge is 2.15. The number of pyridine rings is 1. The second kappa shape index (κ2) is 11.2. The number of hydrogen-bond acceptors (Lipinski definition) is 7. The number of carbonyl (C=O) groups is 3. The summed E-state index contributed by atoms with van der Waals surface area (Å²) in [7, 11) is 0. The van der Waals surface area contributed by atoms with Gasteiger partial charge in [0.25, 0.3) is 5.91 Å². The summed E-state index contributed by atoms with van der Waals surface area (Å²) in [5.74, 6) is -1.32. The van der Waals surface area contributed by atoms with Gasteiger partial charge in [-0.3, -0.25) is 9.78 Å². The van der Waals surface area contributed by atoms with E-state index in [4.69, 9.17) is 9.47 Å². The summed E-state index contributed by atoms with van der Waals surface area (Å²) in [6.07, 6.45) is 4.32. The summed E-state index contributed by atoms with van der Waals surface area (Å²) in [6, 6.07) is 24.5. The van der Waals surface area contributed by atoms with Crippen molar-refractivity contribution in [2.75, 3.05) is 0 Å². The maximum absolute atomic E-state index is 12.6. The van der Waals surface area contributed by atoms with Crippen molar-refractivity contribution in [1.82, 2.24) is 10.4 Å². The highest BCUT2D eigenvalue weighted by molar-refractivity contribution is 5.96. The van der Waals surface area contributed by atoms with Crippen molar-refractivity contribution in [2.24, 2.45) is 5.10 Å². The first-order chi connectivity index (χ1) is 17.1. The van der Waals surface area contributed by atoms with Crippen molar-refractivity contribution < 1.29 is 23.9 Å². The van der Waals surface area contributed by atoms with Gasteiger partial charge in [0.15, 0.2) is 0 Å². The van der Waals surface area contributed by atoms with Crippen LogP contribution in [0.1, 0.15) is 36.6 Å². The summed E-state index contributed by atoms with van der Waals surface area (Å²) in [5, 5.41) is 3.95. The van der Waals surface area contributed by atoms with Gasteiger partial charge in [-0.1, -0.05) is 36.4 Å². The van der Waals surface area contributed by atoms with E-state index in [2.05, 4.69) is 15.5 Å². The summed E-state index contributed by atoms with van der Waals surface area (Å²) in [6.45, 7) is 0. The Morgan fingerprint density at radius 1 is 0.714 bits per heavy atom. The van der Waals surface area contributed by atoms with Gasteiger partial charge in [-0.2, -0.15) is 5.10 Å². The smallest absolute Gasteiger partial charge is 0.343 e. The third-order valence-corrected chi connectivity index (χ3v) is 4.73. The van der Waals surface area contributed by atoms with Crippen LogP contribution in [-0.4, -0.2) is 29.0 Å². The van der Waals surface area contributed by atoms with Gasteiger partial charge in [-0.25, -0.2) is 15.0 Å². The van der Waals surface area contributed by atoms with Crippen molar-refractivity contribution in [3.8, 4) is 11.5 Å². The molecule has 0 atom stereocenters. The van der Waals surface area contributed by atoms with Crippen molar-refractivity contribution in [2.45, 2.75) is 0 Å². The Hall–Kier alpha value is -5.11. The maximum Gasteiger partial charge on any atom is 0.343 e. The van der Waals surface area contributed by atoms with Crippen molar-refractivity contribution >= 4 is 24.1 Å². The molecule has 1 heterocycles. The number of aromatic nitrogens is 1. The van der Waals surface area contributed by atoms with Crippen LogP contribution in [0.25, 0.3) is 0 Å². The maximum atomic E-state index is 12.6. The zero-order valence-corrected chi connectivity index (χ0v) is 18.3. The van der Waals surface area contributed by atoms with Gasteiger partial charge in [0, 0.05) is 29.6 Å². The average molecular weight is 465 g/mol. The van der Waals surface area contributed by atoms with E-state index in [1.807, 2.05) is 0 Å². The molecule has 35 heavy (non-hydrogen) atoms. The van der Waals surface area contributed by atoms with Crippen LogP contribution in [0.2, 0.25) is 0 Å². The predicted molar refractivity (Wildman–Crippen MR) is 129 cm³/mol. The van der Waals surface area contributed by atoms with Crippen LogP contribution in [-0.2, 0) is 0 Å². The van der Waals surface area contributed by atoms with Gasteiger partial charge in [0.2, 0.25) is 0 Å². The number of benzene rings is 3. The van der Waals surface area contributed by atoms with E-state index in [-0.39, 0.29) is 11.5 Å². The molecule has 0 spiro atoms. The highest BCUT2D eigenvalue weighted by Crippen LogP contribution is 2.25. The van der Waals surface area contributed by atoms with Gasteiger partial charge in [-0.15, -0.1) is 0 Å². The molecule has 0 aliphatic rings. The Labute approximate surface area is 200 Å². The number of nitrogens with zero attached hydrogens (tertiary/aromatic N) is 2. The monoisotopic (exact) mass is 465 g/mol. The largest absolute Gasteiger partial charge is 0.423 e. The number of carbonyl (C=O) groups excluding carboxylic acids is 3. The number of amides is 1. The molecule has 1 amide bonds. The normalized spacial score (nSPS) is 10.5. The lowest BCUT2D eigenvalue weighted by Crippen LogP contribution is -2.17. The van der Waals surface area contributed by atoms with E-state index in [1.54, 1.807) is 78.9 Å². The van der Waals surface area contributed by atoms with Gasteiger partial charge < -0.3 is 9.47 Å². The molecule has 0 bridgehead atoms. The summed E-state index contributed by atoms with van der Waals surface area (Å²) in [5.41, 5.74) is 3.88. The van der Waals surface area contributed by atoms with E-state index >= 15 is 0 Å². The fourth-order valence-corrected chi connectivity index (χ4v) is 2.97. The molecule has 0 aliphatic heterocycles. The molecule has 0 aliphatic carbocycles. The predicted octanol–water partition coefficient (Wildman–Crippen LogP) is 4.28. The molecule has 1 aromatic heterocycles. The van der Waals surface area contributed by atoms with E-state index < -0.39 is 17.8 Å². The lowest BCUT2D eigenvalue weighted by atomic mass is 10.2. The Morgan fingerprint density at radius 3 is 1.94 bits per heavy atom. The van der Waals surface area contributed by atoms with Crippen molar-refractivity contribution in [3.63, 3.8) is 0 Å². The van der Waals surface area contributed by atoms with Crippen molar-refractivity contribution in [3.05, 3.63) is 126 Å². The van der Waals surface area contributed by atoms with Gasteiger partial charge in [0.05, 0.1) is 17.3 Å². The minimum absolute atomic E-state index is 0.0964. The van der Waals surface area contributed by atoms with Crippen LogP contribution in [0.15, 0.2) is 108 Å². The molecule has 0 saturated heterocycles. The molecular formula is C27H19N3O5. The first kappa shape index (κ1) is 23.1. The Bertz CT molecular complexity index is 1360. The molecule has 8 nitrogen and oxygen atoms in total. The Kier molecular flexibility index (Phi) is 7.35. The van der Waals surface area contributed by atoms with Gasteiger partial charge >= 0.3 is 11.9 Å². The molecule has 8 heteroatoms. The van der Waals surface area contributed by atoms with Crippen molar-refractivity contribution in [1.29, 1.82) is 0 Å². The second-order valence-corrected chi connectivity index (χ2v) is 7.15. The summed E-state index contributed by atoms with van der Waals surface area (Å²) >= 11 is 0. The Morgan fingerprint density at radius 2 is 1.31 bits per heavy atom. The molecular weight excluding hydrogens is 446 g/mol. The lowest BCUT2D eigenvalue weighted by Gasteiger charge is -2.10. The zero-order valence-electron chi connectivity index (χ0n) is 18.3. The molecule has 0 radical (unpaired) electrons. The number of hydrogen-bond donors (Lipinski definition) is 1. The number of rotatable bonds is 7. The van der Waals surface area contributed by atoms with E-state index in [9.17, 15) is 14.4 Å². The van der Waals surface area contributed by atoms with E-state index in [0.29, 0.717) is 22.3 Å². The van der Waals surface area contributed by atoms with Crippen LogP contribution in [0.5, 0.6) is 11.5 Å². The SMILES string of the molecule is O=C(N/N=C/c1ccc(OC(=O)c2ccccc2)cc1OC(=O)c1ccccc1)c1ccncc1.